The molecule has 1 atom stereocenters. The summed E-state index contributed by atoms with van der Waals surface area (Å²) >= 11 is 6.30. The molecule has 2 aromatic rings. The van der Waals surface area contributed by atoms with Gasteiger partial charge in [-0.15, -0.1) is 9.90 Å². The van der Waals surface area contributed by atoms with Gasteiger partial charge in [0.2, 0.25) is 0 Å². The quantitative estimate of drug-likeness (QED) is 0.487. The third kappa shape index (κ3) is 6.16. The average Bonchev–Trinajstić information content (AvgIpc) is 3.06. The minimum absolute atomic E-state index is 0.0556. The summed E-state index contributed by atoms with van der Waals surface area (Å²) in [5.41, 5.74) is 6.95. The van der Waals surface area contributed by atoms with Gasteiger partial charge in [0.15, 0.2) is 22.5 Å². The summed E-state index contributed by atoms with van der Waals surface area (Å²) in [6.45, 7) is 22.7. The summed E-state index contributed by atoms with van der Waals surface area (Å²) in [4.78, 5) is 5.70. The second kappa shape index (κ2) is 8.94. The van der Waals surface area contributed by atoms with Crippen molar-refractivity contribution in [2.45, 2.75) is 83.9 Å². The molecule has 2 rings (SSSR count). The van der Waals surface area contributed by atoms with Crippen molar-refractivity contribution in [2.24, 2.45) is 0 Å². The molecule has 0 radical (unpaired) electrons. The van der Waals surface area contributed by atoms with Gasteiger partial charge in [-0.1, -0.05) is 53.1 Å². The third-order valence-corrected chi connectivity index (χ3v) is 15.8. The van der Waals surface area contributed by atoms with E-state index in [9.17, 15) is 0 Å². The first-order valence-corrected chi connectivity index (χ1v) is 16.8. The smallest absolute Gasteiger partial charge is 0.193 e. The van der Waals surface area contributed by atoms with Crippen LogP contribution in [-0.4, -0.2) is 43.2 Å². The summed E-state index contributed by atoms with van der Waals surface area (Å²) < 4.78 is 13.3. The number of hydrogen-bond donors (Lipinski definition) is 1. The Morgan fingerprint density at radius 1 is 1.03 bits per heavy atom. The molecular weight excluding hydrogens is 446 g/mol. The molecule has 174 valence electrons. The fraction of sp³-hybridized carbons (Fsp3) is 0.667. The van der Waals surface area contributed by atoms with Gasteiger partial charge in [-0.25, -0.2) is 4.98 Å². The van der Waals surface area contributed by atoms with Crippen LogP contribution in [0.5, 0.6) is 0 Å². The maximum Gasteiger partial charge on any atom is 0.193 e. The number of aromatic nitrogens is 4. The predicted octanol–water partition coefficient (Wildman–Crippen LogP) is 5.98. The number of halogens is 1. The molecule has 0 aliphatic rings. The van der Waals surface area contributed by atoms with Gasteiger partial charge in [-0.2, -0.15) is 5.10 Å². The Hall–Kier alpha value is -1.27. The molecule has 0 spiro atoms. The summed E-state index contributed by atoms with van der Waals surface area (Å²) in [5.74, 6) is 0.429. The van der Waals surface area contributed by atoms with Crippen molar-refractivity contribution in [3.05, 3.63) is 29.2 Å². The van der Waals surface area contributed by atoms with E-state index in [1.54, 1.807) is 12.3 Å². The summed E-state index contributed by atoms with van der Waals surface area (Å²) in [5, 5.41) is 9.59. The number of nitrogens with two attached hydrogens (primary N) is 1. The van der Waals surface area contributed by atoms with Crippen molar-refractivity contribution in [3.63, 3.8) is 0 Å². The Morgan fingerprint density at radius 3 is 2.13 bits per heavy atom. The Bertz CT molecular complexity index is 904. The fourth-order valence-electron chi connectivity index (χ4n) is 2.33. The van der Waals surface area contributed by atoms with Crippen LogP contribution in [0.1, 0.15) is 53.3 Å². The predicted molar refractivity (Wildman–Crippen MR) is 133 cm³/mol. The topological polar surface area (TPSA) is 88.1 Å². The van der Waals surface area contributed by atoms with Gasteiger partial charge in [0.1, 0.15) is 11.8 Å². The highest BCUT2D eigenvalue weighted by molar-refractivity contribution is 6.74. The number of anilines is 1. The van der Waals surface area contributed by atoms with Crippen molar-refractivity contribution < 1.29 is 8.85 Å². The highest BCUT2D eigenvalue weighted by Gasteiger charge is 2.42. The number of rotatable bonds is 7. The summed E-state index contributed by atoms with van der Waals surface area (Å²) in [7, 11) is -4.04. The molecular formula is C21H38ClN5O2Si2. The van der Waals surface area contributed by atoms with E-state index in [0.29, 0.717) is 28.8 Å². The first-order valence-electron chi connectivity index (χ1n) is 10.6. The molecule has 31 heavy (non-hydrogen) atoms. The molecule has 0 amide bonds. The first-order chi connectivity index (χ1) is 13.9. The molecule has 1 unspecified atom stereocenters. The molecule has 0 bridgehead atoms. The highest BCUT2D eigenvalue weighted by Crippen LogP contribution is 2.41. The highest BCUT2D eigenvalue weighted by atomic mass is 35.5. The molecule has 0 aliphatic heterocycles. The normalized spacial score (nSPS) is 14.7. The average molecular weight is 484 g/mol. The van der Waals surface area contributed by atoms with Crippen LogP contribution in [0.4, 0.5) is 5.69 Å². The van der Waals surface area contributed by atoms with Crippen LogP contribution in [0.2, 0.25) is 41.3 Å². The van der Waals surface area contributed by atoms with Gasteiger partial charge in [0, 0.05) is 0 Å². The van der Waals surface area contributed by atoms with Crippen LogP contribution >= 0.6 is 11.6 Å². The van der Waals surface area contributed by atoms with Crippen LogP contribution in [-0.2, 0) is 8.85 Å². The second-order valence-electron chi connectivity index (χ2n) is 11.1. The number of nitrogen functional groups attached to an aromatic ring is 1. The number of hydrogen-bond acceptors (Lipinski definition) is 6. The van der Waals surface area contributed by atoms with Crippen molar-refractivity contribution in [1.82, 2.24) is 20.0 Å². The van der Waals surface area contributed by atoms with Crippen molar-refractivity contribution in [1.29, 1.82) is 0 Å². The maximum atomic E-state index is 6.74. The zero-order valence-corrected chi connectivity index (χ0v) is 23.3. The molecule has 2 N–H and O–H groups in total. The van der Waals surface area contributed by atoms with Gasteiger partial charge in [-0.3, -0.25) is 0 Å². The number of nitrogens with zero attached hydrogens (tertiary/aromatic N) is 4. The van der Waals surface area contributed by atoms with Crippen LogP contribution < -0.4 is 5.73 Å². The monoisotopic (exact) mass is 483 g/mol. The Kier molecular flexibility index (Phi) is 7.49. The van der Waals surface area contributed by atoms with Crippen molar-refractivity contribution >= 4 is 33.9 Å². The van der Waals surface area contributed by atoms with E-state index < -0.39 is 16.6 Å². The minimum Gasteiger partial charge on any atom is -0.414 e. The van der Waals surface area contributed by atoms with E-state index in [1.807, 2.05) is 0 Å². The zero-order valence-electron chi connectivity index (χ0n) is 20.6. The maximum absolute atomic E-state index is 6.74. The second-order valence-corrected chi connectivity index (χ2v) is 21.0. The summed E-state index contributed by atoms with van der Waals surface area (Å²) in [6.07, 6.45) is 2.92. The largest absolute Gasteiger partial charge is 0.414 e. The van der Waals surface area contributed by atoms with E-state index in [0.717, 1.165) is 0 Å². The molecule has 2 heterocycles. The molecule has 7 nitrogen and oxygen atoms in total. The lowest BCUT2D eigenvalue weighted by atomic mass is 10.2. The van der Waals surface area contributed by atoms with Gasteiger partial charge in [-0.05, 0) is 42.3 Å². The molecule has 0 aliphatic carbocycles. The van der Waals surface area contributed by atoms with Crippen LogP contribution in [0.15, 0.2) is 18.5 Å². The van der Waals surface area contributed by atoms with Gasteiger partial charge < -0.3 is 14.6 Å². The lowest BCUT2D eigenvalue weighted by Crippen LogP contribution is -2.45. The van der Waals surface area contributed by atoms with Crippen LogP contribution in [0.3, 0.4) is 0 Å². The number of pyridine rings is 1. The zero-order chi connectivity index (χ0) is 23.8. The molecule has 0 fully saturated rings. The lowest BCUT2D eigenvalue weighted by molar-refractivity contribution is 0.104. The Balaban J connectivity index is 2.37. The molecule has 0 aromatic carbocycles. The van der Waals surface area contributed by atoms with Crippen molar-refractivity contribution in [2.75, 3.05) is 12.3 Å². The molecule has 0 saturated heterocycles. The standard InChI is InChI=1S/C21H38ClN5O2Si2/c1-20(2,3)30(7,8)28-14-18(29-31(9,10)21(4,5)6)17-13-25-27(26-17)19-16(22)11-15(23)12-24-19/h11-13,18H,14,23H2,1-10H3. The Labute approximate surface area is 193 Å². The SMILES string of the molecule is CC(C)(C)[Si](C)(C)OCC(O[Si](C)(C)C(C)(C)C)c1cnn(-c2ncc(N)cc2Cl)n1. The lowest BCUT2D eigenvalue weighted by Gasteiger charge is -2.41. The van der Waals surface area contributed by atoms with Crippen LogP contribution in [0.25, 0.3) is 5.82 Å². The van der Waals surface area contributed by atoms with E-state index in [2.05, 4.69) is 82.9 Å². The molecule has 0 saturated carbocycles. The van der Waals surface area contributed by atoms with Crippen LogP contribution in [0, 0.1) is 0 Å². The van der Waals surface area contributed by atoms with Gasteiger partial charge >= 0.3 is 0 Å². The van der Waals surface area contributed by atoms with E-state index in [4.69, 9.17) is 26.2 Å². The van der Waals surface area contributed by atoms with E-state index in [1.165, 1.54) is 11.0 Å². The summed E-state index contributed by atoms with van der Waals surface area (Å²) in [6, 6.07) is 1.64. The van der Waals surface area contributed by atoms with Gasteiger partial charge in [0.05, 0.1) is 29.7 Å². The van der Waals surface area contributed by atoms with Gasteiger partial charge in [0.25, 0.3) is 0 Å². The third-order valence-electron chi connectivity index (χ3n) is 6.52. The van der Waals surface area contributed by atoms with E-state index >= 15 is 0 Å². The van der Waals surface area contributed by atoms with E-state index in [-0.39, 0.29) is 16.2 Å². The fourth-order valence-corrected chi connectivity index (χ4v) is 4.83. The molecule has 10 heteroatoms. The first kappa shape index (κ1) is 26.0. The van der Waals surface area contributed by atoms with Crippen molar-refractivity contribution in [3.8, 4) is 5.82 Å². The minimum atomic E-state index is -2.08. The Morgan fingerprint density at radius 2 is 1.61 bits per heavy atom. The molecule has 2 aromatic heterocycles.